The summed E-state index contributed by atoms with van der Waals surface area (Å²) < 4.78 is 26.9. The Morgan fingerprint density at radius 2 is 2.24 bits per heavy atom. The molecule has 1 saturated heterocycles. The number of hydrogen-bond donors (Lipinski definition) is 2. The first kappa shape index (κ1) is 16.7. The molecule has 0 spiro atoms. The summed E-state index contributed by atoms with van der Waals surface area (Å²) in [5, 5.41) is 13.0. The van der Waals surface area contributed by atoms with Gasteiger partial charge in [0.1, 0.15) is 0 Å². The Morgan fingerprint density at radius 3 is 2.81 bits per heavy atom. The minimum absolute atomic E-state index is 0.0998. The number of aliphatic hydroxyl groups excluding tert-OH is 1. The van der Waals surface area contributed by atoms with Crippen LogP contribution in [0.25, 0.3) is 0 Å². The zero-order valence-electron chi connectivity index (χ0n) is 12.0. The third-order valence-corrected chi connectivity index (χ3v) is 5.95. The Labute approximate surface area is 131 Å². The summed E-state index contributed by atoms with van der Waals surface area (Å²) in [5.41, 5.74) is 0.616. The van der Waals surface area contributed by atoms with Gasteiger partial charge in [-0.2, -0.15) is 4.31 Å². The van der Waals surface area contributed by atoms with E-state index in [1.54, 1.807) is 19.1 Å². The molecule has 118 valence electrons. The van der Waals surface area contributed by atoms with E-state index in [2.05, 4.69) is 5.32 Å². The summed E-state index contributed by atoms with van der Waals surface area (Å²) in [6.45, 7) is 2.92. The van der Waals surface area contributed by atoms with Crippen LogP contribution in [-0.2, 0) is 10.0 Å². The number of halogens is 1. The summed E-state index contributed by atoms with van der Waals surface area (Å²) in [6, 6.07) is 4.89. The molecular weight excluding hydrogens is 312 g/mol. The lowest BCUT2D eigenvalue weighted by molar-refractivity contribution is 0.246. The van der Waals surface area contributed by atoms with E-state index in [4.69, 9.17) is 11.6 Å². The summed E-state index contributed by atoms with van der Waals surface area (Å²) in [6.07, 6.45) is 2.01. The first-order chi connectivity index (χ1) is 9.95. The second kappa shape index (κ2) is 7.07. The van der Waals surface area contributed by atoms with Gasteiger partial charge in [-0.05, 0) is 50.1 Å². The molecule has 0 amide bonds. The molecule has 0 radical (unpaired) electrons. The Morgan fingerprint density at radius 1 is 1.48 bits per heavy atom. The molecular formula is C14H21ClN2O3S. The normalized spacial score (nSPS) is 19.3. The maximum absolute atomic E-state index is 12.8. The molecule has 1 aromatic rings. The summed E-state index contributed by atoms with van der Waals surface area (Å²) >= 11 is 5.89. The van der Waals surface area contributed by atoms with E-state index in [-0.39, 0.29) is 24.1 Å². The monoisotopic (exact) mass is 332 g/mol. The van der Waals surface area contributed by atoms with E-state index < -0.39 is 10.0 Å². The molecule has 0 aromatic heterocycles. The van der Waals surface area contributed by atoms with Crippen molar-refractivity contribution in [3.05, 3.63) is 28.8 Å². The molecule has 0 aliphatic carbocycles. The maximum Gasteiger partial charge on any atom is 0.243 e. The van der Waals surface area contributed by atoms with Gasteiger partial charge in [0.2, 0.25) is 10.0 Å². The Balaban J connectivity index is 2.27. The number of hydrogen-bond acceptors (Lipinski definition) is 4. The topological polar surface area (TPSA) is 69.6 Å². The van der Waals surface area contributed by atoms with Crippen molar-refractivity contribution in [2.24, 2.45) is 0 Å². The number of nitrogens with one attached hydrogen (secondary N) is 1. The largest absolute Gasteiger partial charge is 0.395 e. The lowest BCUT2D eigenvalue weighted by atomic mass is 10.2. The minimum atomic E-state index is -3.62. The molecule has 1 aliphatic rings. The minimum Gasteiger partial charge on any atom is -0.395 e. The number of benzene rings is 1. The van der Waals surface area contributed by atoms with Gasteiger partial charge in [0.05, 0.1) is 11.5 Å². The Bertz CT molecular complexity index is 586. The highest BCUT2D eigenvalue weighted by atomic mass is 35.5. The first-order valence-electron chi connectivity index (χ1n) is 7.05. The predicted octanol–water partition coefficient (Wildman–Crippen LogP) is 1.38. The quantitative estimate of drug-likeness (QED) is 0.826. The van der Waals surface area contributed by atoms with Crippen LogP contribution in [0.2, 0.25) is 5.02 Å². The second-order valence-electron chi connectivity index (χ2n) is 5.29. The molecule has 1 aliphatic heterocycles. The highest BCUT2D eigenvalue weighted by Crippen LogP contribution is 2.23. The number of aryl methyl sites for hydroxylation is 1. The van der Waals surface area contributed by atoms with Crippen molar-refractivity contribution in [2.75, 3.05) is 26.2 Å². The van der Waals surface area contributed by atoms with Crippen molar-refractivity contribution < 1.29 is 13.5 Å². The van der Waals surface area contributed by atoms with Crippen LogP contribution in [0, 0.1) is 6.92 Å². The van der Waals surface area contributed by atoms with Crippen LogP contribution in [0.5, 0.6) is 0 Å². The van der Waals surface area contributed by atoms with Gasteiger partial charge in [-0.3, -0.25) is 0 Å². The zero-order chi connectivity index (χ0) is 15.5. The smallest absolute Gasteiger partial charge is 0.243 e. The molecule has 2 rings (SSSR count). The van der Waals surface area contributed by atoms with Gasteiger partial charge >= 0.3 is 0 Å². The summed E-state index contributed by atoms with van der Waals surface area (Å²) in [7, 11) is -3.62. The Hall–Kier alpha value is -0.660. The van der Waals surface area contributed by atoms with Crippen molar-refractivity contribution in [2.45, 2.75) is 30.7 Å². The van der Waals surface area contributed by atoms with Crippen LogP contribution >= 0.6 is 11.6 Å². The standard InChI is InChI=1S/C14H21ClN2O3S/c1-11-9-12(15)4-5-14(11)21(19,20)17(7-8-18)10-13-3-2-6-16-13/h4-5,9,13,16,18H,2-3,6-8,10H2,1H3. The first-order valence-corrected chi connectivity index (χ1v) is 8.87. The van der Waals surface area contributed by atoms with Gasteiger partial charge in [-0.15, -0.1) is 0 Å². The molecule has 21 heavy (non-hydrogen) atoms. The fourth-order valence-electron chi connectivity index (χ4n) is 2.62. The van der Waals surface area contributed by atoms with E-state index in [1.807, 2.05) is 0 Å². The van der Waals surface area contributed by atoms with Crippen molar-refractivity contribution in [1.82, 2.24) is 9.62 Å². The van der Waals surface area contributed by atoms with Gasteiger partial charge in [-0.25, -0.2) is 8.42 Å². The summed E-state index contributed by atoms with van der Waals surface area (Å²) in [4.78, 5) is 0.248. The highest BCUT2D eigenvalue weighted by molar-refractivity contribution is 7.89. The zero-order valence-corrected chi connectivity index (χ0v) is 13.6. The van der Waals surface area contributed by atoms with E-state index in [9.17, 15) is 13.5 Å². The fourth-order valence-corrected chi connectivity index (χ4v) is 4.53. The van der Waals surface area contributed by atoms with E-state index in [1.165, 1.54) is 10.4 Å². The third-order valence-electron chi connectivity index (χ3n) is 3.69. The average Bonchev–Trinajstić information content (AvgIpc) is 2.90. The third kappa shape index (κ3) is 3.96. The van der Waals surface area contributed by atoms with E-state index in [0.29, 0.717) is 17.1 Å². The van der Waals surface area contributed by atoms with Gasteiger partial charge in [-0.1, -0.05) is 11.6 Å². The van der Waals surface area contributed by atoms with Crippen molar-refractivity contribution >= 4 is 21.6 Å². The van der Waals surface area contributed by atoms with Gasteiger partial charge in [0, 0.05) is 24.2 Å². The number of nitrogens with zero attached hydrogens (tertiary/aromatic N) is 1. The van der Waals surface area contributed by atoms with Crippen LogP contribution in [0.1, 0.15) is 18.4 Å². The van der Waals surface area contributed by atoms with Gasteiger partial charge in [0.25, 0.3) is 0 Å². The van der Waals surface area contributed by atoms with Crippen LogP contribution < -0.4 is 5.32 Å². The number of rotatable bonds is 6. The molecule has 1 heterocycles. The van der Waals surface area contributed by atoms with Crippen LogP contribution in [0.4, 0.5) is 0 Å². The molecule has 0 saturated carbocycles. The molecule has 0 bridgehead atoms. The molecule has 2 N–H and O–H groups in total. The lowest BCUT2D eigenvalue weighted by Gasteiger charge is -2.25. The van der Waals surface area contributed by atoms with Crippen LogP contribution in [-0.4, -0.2) is 50.1 Å². The Kier molecular flexibility index (Phi) is 5.62. The van der Waals surface area contributed by atoms with Crippen LogP contribution in [0.15, 0.2) is 23.1 Å². The number of sulfonamides is 1. The van der Waals surface area contributed by atoms with Crippen molar-refractivity contribution in [1.29, 1.82) is 0 Å². The second-order valence-corrected chi connectivity index (χ2v) is 7.63. The fraction of sp³-hybridized carbons (Fsp3) is 0.571. The highest BCUT2D eigenvalue weighted by Gasteiger charge is 2.29. The SMILES string of the molecule is Cc1cc(Cl)ccc1S(=O)(=O)N(CCO)CC1CCCN1. The van der Waals surface area contributed by atoms with Gasteiger partial charge < -0.3 is 10.4 Å². The van der Waals surface area contributed by atoms with Crippen molar-refractivity contribution in [3.63, 3.8) is 0 Å². The molecule has 7 heteroatoms. The molecule has 1 atom stereocenters. The number of aliphatic hydroxyl groups is 1. The van der Waals surface area contributed by atoms with Crippen molar-refractivity contribution in [3.8, 4) is 0 Å². The molecule has 5 nitrogen and oxygen atoms in total. The molecule has 1 aromatic carbocycles. The summed E-state index contributed by atoms with van der Waals surface area (Å²) in [5.74, 6) is 0. The predicted molar refractivity (Wildman–Crippen MR) is 83.1 cm³/mol. The molecule has 1 fully saturated rings. The van der Waals surface area contributed by atoms with E-state index >= 15 is 0 Å². The average molecular weight is 333 g/mol. The van der Waals surface area contributed by atoms with Gasteiger partial charge in [0.15, 0.2) is 0 Å². The van der Waals surface area contributed by atoms with Crippen LogP contribution in [0.3, 0.4) is 0 Å². The molecule has 1 unspecified atom stereocenters. The van der Waals surface area contributed by atoms with E-state index in [0.717, 1.165) is 19.4 Å². The lowest BCUT2D eigenvalue weighted by Crippen LogP contribution is -2.42. The maximum atomic E-state index is 12.8.